The molecule has 0 saturated carbocycles. The summed E-state index contributed by atoms with van der Waals surface area (Å²) in [6.07, 6.45) is -6.60. The number of hydrogen-bond acceptors (Lipinski definition) is 3. The van der Waals surface area contributed by atoms with Gasteiger partial charge in [-0.2, -0.15) is 13.2 Å². The van der Waals surface area contributed by atoms with Crippen molar-refractivity contribution in [1.29, 1.82) is 0 Å². The van der Waals surface area contributed by atoms with E-state index in [0.29, 0.717) is 18.4 Å². The van der Waals surface area contributed by atoms with E-state index in [-0.39, 0.29) is 6.61 Å². The Morgan fingerprint density at radius 2 is 1.78 bits per heavy atom. The Bertz CT molecular complexity index is 343. The van der Waals surface area contributed by atoms with Crippen molar-refractivity contribution in [2.24, 2.45) is 0 Å². The number of alkyl halides is 3. The molecule has 1 aromatic carbocycles. The fraction of sp³-hybridized carbons (Fsp3) is 0.500. The molecule has 0 aliphatic heterocycles. The van der Waals surface area contributed by atoms with E-state index < -0.39 is 18.4 Å². The fourth-order valence-corrected chi connectivity index (χ4v) is 1.61. The first-order chi connectivity index (χ1) is 8.45. The first-order valence-corrected chi connectivity index (χ1v) is 5.62. The molecule has 0 heterocycles. The van der Waals surface area contributed by atoms with Gasteiger partial charge >= 0.3 is 6.18 Å². The maximum absolute atomic E-state index is 12.3. The highest BCUT2D eigenvalue weighted by atomic mass is 19.4. The highest BCUT2D eigenvalue weighted by Gasteiger charge is 2.39. The Hall–Kier alpha value is -1.11. The van der Waals surface area contributed by atoms with Crippen LogP contribution in [0.4, 0.5) is 13.2 Å². The van der Waals surface area contributed by atoms with E-state index in [4.69, 9.17) is 10.2 Å². The molecular formula is C12H16F3NO2. The Kier molecular flexibility index (Phi) is 5.58. The number of rotatable bonds is 6. The molecule has 0 aromatic heterocycles. The number of halogens is 3. The second-order valence-corrected chi connectivity index (χ2v) is 3.94. The van der Waals surface area contributed by atoms with Crippen LogP contribution in [-0.4, -0.2) is 29.2 Å². The maximum Gasteiger partial charge on any atom is 0.427 e. The van der Waals surface area contributed by atoms with Crippen molar-refractivity contribution in [3.8, 4) is 0 Å². The average molecular weight is 263 g/mol. The lowest BCUT2D eigenvalue weighted by molar-refractivity contribution is -0.216. The maximum atomic E-state index is 12.3. The zero-order valence-corrected chi connectivity index (χ0v) is 9.69. The van der Waals surface area contributed by atoms with Crippen molar-refractivity contribution in [3.63, 3.8) is 0 Å². The molecule has 3 N–H and O–H groups in total. The molecule has 2 atom stereocenters. The van der Waals surface area contributed by atoms with Gasteiger partial charge in [0.1, 0.15) is 0 Å². The molecule has 1 rings (SSSR count). The van der Waals surface area contributed by atoms with Crippen LogP contribution in [0.3, 0.4) is 0 Å². The predicted molar refractivity (Wildman–Crippen MR) is 60.7 cm³/mol. The molecule has 0 fully saturated rings. The molecule has 1 unspecified atom stereocenters. The minimum atomic E-state index is -4.70. The van der Waals surface area contributed by atoms with Crippen molar-refractivity contribution in [2.45, 2.75) is 31.3 Å². The zero-order valence-electron chi connectivity index (χ0n) is 9.69. The van der Waals surface area contributed by atoms with Gasteiger partial charge < -0.3 is 10.2 Å². The Morgan fingerprint density at radius 1 is 1.17 bits per heavy atom. The van der Waals surface area contributed by atoms with Gasteiger partial charge in [0.2, 0.25) is 6.23 Å². The molecule has 0 amide bonds. The van der Waals surface area contributed by atoms with E-state index in [0.717, 1.165) is 0 Å². The third-order valence-electron chi connectivity index (χ3n) is 2.52. The summed E-state index contributed by atoms with van der Waals surface area (Å²) in [5, 5.41) is 19.9. The Labute approximate surface area is 103 Å². The topological polar surface area (TPSA) is 52.5 Å². The lowest BCUT2D eigenvalue weighted by atomic mass is 10.0. The van der Waals surface area contributed by atoms with E-state index in [2.05, 4.69) is 5.32 Å². The monoisotopic (exact) mass is 263 g/mol. The fourth-order valence-electron chi connectivity index (χ4n) is 1.61. The van der Waals surface area contributed by atoms with Crippen LogP contribution in [0.2, 0.25) is 0 Å². The summed E-state index contributed by atoms with van der Waals surface area (Å²) in [6.45, 7) is -0.104. The predicted octanol–water partition coefficient (Wildman–Crippen LogP) is 1.97. The van der Waals surface area contributed by atoms with Crippen molar-refractivity contribution in [2.75, 3.05) is 6.61 Å². The normalized spacial score (nSPS) is 15.4. The highest BCUT2D eigenvalue weighted by Crippen LogP contribution is 2.24. The smallest absolute Gasteiger partial charge is 0.396 e. The standard InChI is InChI=1S/C12H16F3NO2/c13-12(14,15)11(18)16-10(7-4-8-17)9-5-2-1-3-6-9/h1-3,5-6,10-11,16-18H,4,7-8H2/t10?,11-/m0/s1. The molecule has 6 heteroatoms. The van der Waals surface area contributed by atoms with Crippen LogP contribution in [0, 0.1) is 0 Å². The van der Waals surface area contributed by atoms with Crippen molar-refractivity contribution >= 4 is 0 Å². The van der Waals surface area contributed by atoms with Crippen LogP contribution in [-0.2, 0) is 0 Å². The van der Waals surface area contributed by atoms with Crippen molar-refractivity contribution in [1.82, 2.24) is 5.32 Å². The highest BCUT2D eigenvalue weighted by molar-refractivity contribution is 5.18. The number of aliphatic hydroxyl groups excluding tert-OH is 2. The lowest BCUT2D eigenvalue weighted by Crippen LogP contribution is -2.43. The van der Waals surface area contributed by atoms with Crippen LogP contribution in [0.5, 0.6) is 0 Å². The summed E-state index contributed by atoms with van der Waals surface area (Å²) < 4.78 is 36.9. The molecular weight excluding hydrogens is 247 g/mol. The summed E-state index contributed by atoms with van der Waals surface area (Å²) >= 11 is 0. The molecule has 0 radical (unpaired) electrons. The largest absolute Gasteiger partial charge is 0.427 e. The summed E-state index contributed by atoms with van der Waals surface area (Å²) in [4.78, 5) is 0. The third kappa shape index (κ3) is 4.64. The van der Waals surface area contributed by atoms with Crippen molar-refractivity contribution in [3.05, 3.63) is 35.9 Å². The summed E-state index contributed by atoms with van der Waals surface area (Å²) in [7, 11) is 0. The van der Waals surface area contributed by atoms with Crippen LogP contribution in [0.15, 0.2) is 30.3 Å². The lowest BCUT2D eigenvalue weighted by Gasteiger charge is -2.24. The summed E-state index contributed by atoms with van der Waals surface area (Å²) in [6, 6.07) is 7.89. The van der Waals surface area contributed by atoms with Gasteiger partial charge in [-0.25, -0.2) is 0 Å². The van der Waals surface area contributed by atoms with Gasteiger partial charge in [-0.05, 0) is 18.4 Å². The first-order valence-electron chi connectivity index (χ1n) is 5.62. The van der Waals surface area contributed by atoms with Gasteiger partial charge in [-0.3, -0.25) is 5.32 Å². The summed E-state index contributed by atoms with van der Waals surface area (Å²) in [5.41, 5.74) is 0.647. The molecule has 0 spiro atoms. The zero-order chi connectivity index (χ0) is 13.6. The summed E-state index contributed by atoms with van der Waals surface area (Å²) in [5.74, 6) is 0. The molecule has 3 nitrogen and oxygen atoms in total. The van der Waals surface area contributed by atoms with Gasteiger partial charge in [0.25, 0.3) is 0 Å². The molecule has 1 aromatic rings. The van der Waals surface area contributed by atoms with Gasteiger partial charge in [0.05, 0.1) is 0 Å². The van der Waals surface area contributed by atoms with Crippen molar-refractivity contribution < 1.29 is 23.4 Å². The number of nitrogens with one attached hydrogen (secondary N) is 1. The van der Waals surface area contributed by atoms with Gasteiger partial charge in [-0.1, -0.05) is 30.3 Å². The average Bonchev–Trinajstić information content (AvgIpc) is 2.34. The number of benzene rings is 1. The van der Waals surface area contributed by atoms with Gasteiger partial charge in [0, 0.05) is 12.6 Å². The van der Waals surface area contributed by atoms with E-state index in [1.807, 2.05) is 0 Å². The number of aliphatic hydroxyl groups is 2. The van der Waals surface area contributed by atoms with Crippen LogP contribution in [0.1, 0.15) is 24.4 Å². The molecule has 0 aliphatic carbocycles. The van der Waals surface area contributed by atoms with Crippen LogP contribution < -0.4 is 5.32 Å². The van der Waals surface area contributed by atoms with E-state index in [1.165, 1.54) is 0 Å². The second-order valence-electron chi connectivity index (χ2n) is 3.94. The molecule has 0 saturated heterocycles. The molecule has 18 heavy (non-hydrogen) atoms. The van der Waals surface area contributed by atoms with E-state index in [9.17, 15) is 13.2 Å². The van der Waals surface area contributed by atoms with Crippen LogP contribution in [0.25, 0.3) is 0 Å². The molecule has 102 valence electrons. The van der Waals surface area contributed by atoms with E-state index in [1.54, 1.807) is 30.3 Å². The molecule has 0 bridgehead atoms. The SMILES string of the molecule is OCCCC(N[C@@H](O)C(F)(F)F)c1ccccc1. The minimum Gasteiger partial charge on any atom is -0.396 e. The third-order valence-corrected chi connectivity index (χ3v) is 2.52. The number of hydrogen-bond donors (Lipinski definition) is 3. The quantitative estimate of drug-likeness (QED) is 0.688. The Balaban J connectivity index is 2.73. The molecule has 0 aliphatic rings. The Morgan fingerprint density at radius 3 is 2.28 bits per heavy atom. The first kappa shape index (κ1) is 14.9. The second kappa shape index (κ2) is 6.72. The van der Waals surface area contributed by atoms with Gasteiger partial charge in [-0.15, -0.1) is 0 Å². The van der Waals surface area contributed by atoms with Crippen LogP contribution >= 0.6 is 0 Å². The van der Waals surface area contributed by atoms with E-state index >= 15 is 0 Å². The van der Waals surface area contributed by atoms with Gasteiger partial charge in [0.15, 0.2) is 0 Å². The minimum absolute atomic E-state index is 0.104.